The molecule has 35 N–H and O–H groups in total. The van der Waals surface area contributed by atoms with Gasteiger partial charge in [0.1, 0.15) is 268 Å². The average molecular weight is 2010 g/mol. The zero-order chi connectivity index (χ0) is 101. The van der Waals surface area contributed by atoms with Crippen molar-refractivity contribution in [2.45, 2.75) is 372 Å². The lowest BCUT2D eigenvalue weighted by molar-refractivity contribution is -0.410. The molecule has 0 bridgehead atoms. The summed E-state index contributed by atoms with van der Waals surface area (Å²) in [6, 6.07) is -10.2. The molecule has 11 rings (SSSR count). The fourth-order valence-electron chi connectivity index (χ4n) is 17.8. The van der Waals surface area contributed by atoms with Crippen molar-refractivity contribution in [2.24, 2.45) is 0 Å². The second kappa shape index (κ2) is 49.5. The maximum absolute atomic E-state index is 13.6. The highest BCUT2D eigenvalue weighted by atomic mass is 16.8. The molecule has 11 aliphatic heterocycles. The van der Waals surface area contributed by atoms with Crippen LogP contribution in [0.3, 0.4) is 0 Å². The number of amides is 5. The summed E-state index contributed by atoms with van der Waals surface area (Å²) in [5.41, 5.74) is 0. The van der Waals surface area contributed by atoms with E-state index >= 15 is 0 Å². The Kier molecular flexibility index (Phi) is 40.7. The van der Waals surface area contributed by atoms with E-state index in [4.69, 9.17) is 99.5 Å². The van der Waals surface area contributed by atoms with E-state index in [0.29, 0.717) is 0 Å². The molecule has 11 fully saturated rings. The molecule has 0 aliphatic carbocycles. The third-order valence-corrected chi connectivity index (χ3v) is 25.0. The SMILES string of the molecule is CC(=O)N[C@@H]1[C@@H](O)[C@H](O[C@@H]2O[C@H](CO)[C@@H](O[C@@H]3O[C@H](CO[C@H]4O[C@H](CO)[C@@H](O)[C@H](O)[C@@H]4O[C@@H]4O[C@H](CO)[C@@H](O[C@@H]5O[C@H](CO)[C@H](O)[C@H](O)[C@H]5O)[C@H](O)[C@H]4NC(C)=O)[C@@H](O[C@@H]4O[C@H](CO)[C@@H](O[C@@H]5O[C@H](CO)[C@H](O)[C@H](O)[C@H]5O)[C@H](O)[C@H]4NC(C)=O)[C@H](O[C@H]4O[C@H](CO)[C@@H](O)[C@H](O)[C@@H]4O[C@@H]4O[C@H](CO)[C@@H](O[C@@H]5O[C@H](CO)[C@H](O)[C@H](O)[C@H]5O)[C@H](O)[C@H]4NC(C)=O)[C@@H]3O)[C@H](O)[C@H]2NC(C)=O)[C@@H](CO)O[C@H]1O. The third-order valence-electron chi connectivity index (χ3n) is 25.0. The van der Waals surface area contributed by atoms with E-state index in [1.807, 2.05) is 0 Å². The van der Waals surface area contributed by atoms with Gasteiger partial charge in [0.25, 0.3) is 0 Å². The Hall–Kier alpha value is -4.69. The van der Waals surface area contributed by atoms with Crippen LogP contribution in [0.1, 0.15) is 34.6 Å². The molecule has 0 aromatic carbocycles. The summed E-state index contributed by atoms with van der Waals surface area (Å²) in [7, 11) is 0. The van der Waals surface area contributed by atoms with E-state index in [-0.39, 0.29) is 0 Å². The highest BCUT2D eigenvalue weighted by Crippen LogP contribution is 2.43. The molecule has 0 radical (unpaired) electrons. The van der Waals surface area contributed by atoms with Crippen LogP contribution in [0.25, 0.3) is 0 Å². The number of aliphatic hydroxyl groups is 30. The Labute approximate surface area is 775 Å². The van der Waals surface area contributed by atoms with Gasteiger partial charge in [-0.2, -0.15) is 0 Å². The van der Waals surface area contributed by atoms with Crippen LogP contribution in [0.15, 0.2) is 0 Å². The normalized spacial score (nSPS) is 48.9. The molecular weight excluding hydrogens is 1880 g/mol. The lowest BCUT2D eigenvalue weighted by Gasteiger charge is -2.53. The van der Waals surface area contributed by atoms with Gasteiger partial charge in [0.2, 0.25) is 29.5 Å². The number of carbonyl (C=O) groups excluding carboxylic acids is 5. The van der Waals surface area contributed by atoms with Crippen molar-refractivity contribution in [2.75, 3.05) is 72.7 Å². The predicted molar refractivity (Wildman–Crippen MR) is 420 cm³/mol. The van der Waals surface area contributed by atoms with Gasteiger partial charge in [0.05, 0.1) is 72.7 Å². The molecule has 0 aromatic heterocycles. The minimum absolute atomic E-state index is 0.846. The smallest absolute Gasteiger partial charge is 0.217 e. The highest BCUT2D eigenvalue weighted by Gasteiger charge is 2.64. The Morgan fingerprint density at radius 3 is 0.686 bits per heavy atom. The standard InChI is InChI=1S/C76H127N5O56/c1-17(92)77-33-43(102)57(27(11-87)118-66(33)116)129-67-34(78-18(2)93)44(103)61(31(15-91)124-67)133-74-56(115)63(135-76-65(52(111)42(101)26(10-86)123-76)137-70-37(81-21(5)96)47(106)60(30(14-90)127-70)132-73-55(114)50(109)40(99)24(8-84)121-73)62(134-68-35(79-19(3)94)45(104)58(28(12-88)125-68)130-71-53(112)48(107)38(97)22(6-82)119-71)32(128-74)16-117-75-64(51(110)41(100)25(9-85)122-75)136-69-36(80-20(4)95)46(105)59(29(13-89)126-69)131-72-54(113)49(108)39(98)23(7-83)120-72/h22-76,82-91,97-116H,6-16H2,1-5H3,(H,77,92)(H,78,93)(H,79,94)(H,80,95)(H,81,96)/t22-,23-,24-,25-,26-,27-,28-,29-,30-,31-,32-,33-,34-,35-,36-,37-,38+,39+,40+,41-,42-,43-,44-,45-,46-,47-,48+,49+,50+,51+,52+,53-,54-,55-,56+,57-,58-,59-,60-,61-,62-,63-,64+,65+,66-,67+,68+,69+,70+,71+,72+,73+,74+,75+,76-/m1/s1. The van der Waals surface area contributed by atoms with Crippen molar-refractivity contribution in [1.82, 2.24) is 26.6 Å². The van der Waals surface area contributed by atoms with Gasteiger partial charge in [0.15, 0.2) is 69.2 Å². The van der Waals surface area contributed by atoms with Crippen LogP contribution in [-0.4, -0.2) is 593 Å². The molecule has 5 amide bonds. The van der Waals surface area contributed by atoms with Gasteiger partial charge in [0, 0.05) is 34.6 Å². The van der Waals surface area contributed by atoms with Gasteiger partial charge in [-0.3, -0.25) is 24.0 Å². The van der Waals surface area contributed by atoms with E-state index in [9.17, 15) is 177 Å². The van der Waals surface area contributed by atoms with Gasteiger partial charge >= 0.3 is 0 Å². The van der Waals surface area contributed by atoms with E-state index in [2.05, 4.69) is 26.6 Å². The minimum Gasteiger partial charge on any atom is -0.394 e. The molecule has 55 atom stereocenters. The van der Waals surface area contributed by atoms with Gasteiger partial charge in [-0.05, 0) is 0 Å². The molecule has 61 nitrogen and oxygen atoms in total. The zero-order valence-electron chi connectivity index (χ0n) is 73.6. The van der Waals surface area contributed by atoms with Crippen molar-refractivity contribution in [3.05, 3.63) is 0 Å². The summed E-state index contributed by atoms with van der Waals surface area (Å²) >= 11 is 0. The summed E-state index contributed by atoms with van der Waals surface area (Å²) in [5, 5.41) is 350. The molecule has 0 saturated carbocycles. The first-order valence-electron chi connectivity index (χ1n) is 43.7. The summed E-state index contributed by atoms with van der Waals surface area (Å²) in [6.07, 6.45) is -111. The predicted octanol–water partition coefficient (Wildman–Crippen LogP) is -24.3. The topological polar surface area (TPSA) is 946 Å². The second-order valence-corrected chi connectivity index (χ2v) is 34.5. The van der Waals surface area contributed by atoms with Gasteiger partial charge in [-0.15, -0.1) is 0 Å². The number of aliphatic hydroxyl groups excluding tert-OH is 30. The molecule has 11 aliphatic rings. The van der Waals surface area contributed by atoms with Gasteiger partial charge in [-0.25, -0.2) is 0 Å². The molecule has 0 unspecified atom stereocenters. The van der Waals surface area contributed by atoms with Crippen molar-refractivity contribution in [3.8, 4) is 0 Å². The Morgan fingerprint density at radius 2 is 0.394 bits per heavy atom. The number of hydrogen-bond acceptors (Lipinski definition) is 56. The highest BCUT2D eigenvalue weighted by molar-refractivity contribution is 5.75. The number of ether oxygens (including phenoxy) is 21. The van der Waals surface area contributed by atoms with Gasteiger partial charge in [-0.1, -0.05) is 0 Å². The molecular formula is C76H127N5O56. The van der Waals surface area contributed by atoms with E-state index in [1.54, 1.807) is 0 Å². The van der Waals surface area contributed by atoms with Crippen molar-refractivity contribution >= 4 is 29.5 Å². The molecule has 0 aromatic rings. The lowest BCUT2D eigenvalue weighted by Crippen LogP contribution is -2.72. The average Bonchev–Trinajstić information content (AvgIpc) is 0.738. The van der Waals surface area contributed by atoms with Crippen LogP contribution >= 0.6 is 0 Å². The fraction of sp³-hybridized carbons (Fsp3) is 0.934. The van der Waals surface area contributed by atoms with E-state index in [1.165, 1.54) is 0 Å². The van der Waals surface area contributed by atoms with Crippen LogP contribution in [0, 0.1) is 0 Å². The molecule has 11 saturated heterocycles. The lowest BCUT2D eigenvalue weighted by atomic mass is 9.93. The molecule has 11 heterocycles. The Morgan fingerprint density at radius 1 is 0.190 bits per heavy atom. The molecule has 137 heavy (non-hydrogen) atoms. The second-order valence-electron chi connectivity index (χ2n) is 34.5. The zero-order valence-corrected chi connectivity index (χ0v) is 73.6. The maximum Gasteiger partial charge on any atom is 0.217 e. The van der Waals surface area contributed by atoms with Crippen molar-refractivity contribution in [3.63, 3.8) is 0 Å². The molecule has 61 heteroatoms. The summed E-state index contributed by atoms with van der Waals surface area (Å²) < 4.78 is 128. The largest absolute Gasteiger partial charge is 0.394 e. The molecule has 0 spiro atoms. The fourth-order valence-corrected chi connectivity index (χ4v) is 17.8. The molecule has 792 valence electrons. The Balaban J connectivity index is 1.04. The first kappa shape index (κ1) is 113. The van der Waals surface area contributed by atoms with Crippen LogP contribution in [0.5, 0.6) is 0 Å². The summed E-state index contributed by atoms with van der Waals surface area (Å²) in [6.45, 7) is -8.83. The van der Waals surface area contributed by atoms with Crippen LogP contribution < -0.4 is 26.6 Å². The van der Waals surface area contributed by atoms with Crippen LogP contribution in [-0.2, 0) is 123 Å². The van der Waals surface area contributed by atoms with Crippen molar-refractivity contribution < 1.29 is 277 Å². The quantitative estimate of drug-likeness (QED) is 0.0277. The van der Waals surface area contributed by atoms with Crippen LogP contribution in [0.2, 0.25) is 0 Å². The van der Waals surface area contributed by atoms with Gasteiger partial charge < -0.3 is 279 Å². The first-order chi connectivity index (χ1) is 64.9. The number of nitrogens with one attached hydrogen (secondary N) is 5. The van der Waals surface area contributed by atoms with E-state index in [0.717, 1.165) is 34.6 Å². The first-order valence-corrected chi connectivity index (χ1v) is 43.7. The van der Waals surface area contributed by atoms with Crippen molar-refractivity contribution in [1.29, 1.82) is 0 Å². The van der Waals surface area contributed by atoms with Crippen LogP contribution in [0.4, 0.5) is 0 Å². The third kappa shape index (κ3) is 25.0. The monoisotopic (exact) mass is 2010 g/mol. The minimum atomic E-state index is -2.87. The summed E-state index contributed by atoms with van der Waals surface area (Å²) in [5.74, 6) is -5.06. The Bertz CT molecular complexity index is 3780. The number of carbonyl (C=O) groups is 5. The summed E-state index contributed by atoms with van der Waals surface area (Å²) in [4.78, 5) is 65.9. The number of hydrogen-bond donors (Lipinski definition) is 35. The van der Waals surface area contributed by atoms with E-state index < -0.39 is 440 Å². The maximum atomic E-state index is 13.6. The number of rotatable bonds is 36.